The molecule has 0 aliphatic rings. The molecule has 19 heavy (non-hydrogen) atoms. The molecule has 2 rings (SSSR count). The molecule has 1 N–H and O–H groups in total. The number of amides is 1. The van der Waals surface area contributed by atoms with Crippen molar-refractivity contribution in [2.45, 2.75) is 13.5 Å². The number of aromatic hydroxyl groups is 1. The second-order valence-electron chi connectivity index (χ2n) is 4.30. The van der Waals surface area contributed by atoms with Crippen LogP contribution in [-0.2, 0) is 6.54 Å². The Bertz CT molecular complexity index is 599. The summed E-state index contributed by atoms with van der Waals surface area (Å²) >= 11 is 0. The Morgan fingerprint density at radius 1 is 1.26 bits per heavy atom. The molecular weight excluding hydrogens is 242 g/mol. The average molecular weight is 257 g/mol. The maximum Gasteiger partial charge on any atom is 0.276 e. The highest BCUT2D eigenvalue weighted by Gasteiger charge is 2.17. The van der Waals surface area contributed by atoms with Crippen LogP contribution in [0.4, 0.5) is 0 Å². The lowest BCUT2D eigenvalue weighted by atomic mass is 10.2. The Hall–Kier alpha value is -2.43. The number of carbonyl (C=O) groups excluding carboxylic acids is 1. The van der Waals surface area contributed by atoms with E-state index >= 15 is 0 Å². The summed E-state index contributed by atoms with van der Waals surface area (Å²) in [5, 5.41) is 9.62. The molecule has 0 saturated heterocycles. The quantitative estimate of drug-likeness (QED) is 0.910. The topological polar surface area (TPSA) is 66.3 Å². The molecular formula is C14H15N3O2. The molecule has 5 heteroatoms. The van der Waals surface area contributed by atoms with E-state index in [1.165, 1.54) is 17.2 Å². The second-order valence-corrected chi connectivity index (χ2v) is 4.30. The van der Waals surface area contributed by atoms with Crippen LogP contribution in [-0.4, -0.2) is 32.9 Å². The zero-order chi connectivity index (χ0) is 13.8. The summed E-state index contributed by atoms with van der Waals surface area (Å²) in [6.45, 7) is 2.32. The number of nitrogens with zero attached hydrogens (tertiary/aromatic N) is 3. The van der Waals surface area contributed by atoms with E-state index in [2.05, 4.69) is 9.97 Å². The van der Waals surface area contributed by atoms with Crippen LogP contribution >= 0.6 is 0 Å². The molecule has 1 amide bonds. The molecule has 2 aromatic heterocycles. The highest BCUT2D eigenvalue weighted by Crippen LogP contribution is 2.16. The fourth-order valence-corrected chi connectivity index (χ4v) is 1.72. The van der Waals surface area contributed by atoms with E-state index < -0.39 is 0 Å². The van der Waals surface area contributed by atoms with Crippen LogP contribution in [0.3, 0.4) is 0 Å². The van der Waals surface area contributed by atoms with Crippen LogP contribution in [0.1, 0.15) is 21.7 Å². The minimum Gasteiger partial charge on any atom is -0.505 e. The van der Waals surface area contributed by atoms with Crippen LogP contribution in [0, 0.1) is 6.92 Å². The SMILES string of the molecule is Cc1cccnc1CN(C)C(=O)c1ncccc1O. The van der Waals surface area contributed by atoms with Gasteiger partial charge in [-0.1, -0.05) is 6.07 Å². The molecule has 0 spiro atoms. The van der Waals surface area contributed by atoms with Crippen LogP contribution in [0.2, 0.25) is 0 Å². The van der Waals surface area contributed by atoms with Crippen molar-refractivity contribution in [3.05, 3.63) is 53.6 Å². The lowest BCUT2D eigenvalue weighted by Gasteiger charge is -2.17. The zero-order valence-corrected chi connectivity index (χ0v) is 10.9. The smallest absolute Gasteiger partial charge is 0.276 e. The molecule has 2 aromatic rings. The lowest BCUT2D eigenvalue weighted by molar-refractivity contribution is 0.0774. The number of aryl methyl sites for hydroxylation is 1. The van der Waals surface area contributed by atoms with Gasteiger partial charge < -0.3 is 10.0 Å². The number of carbonyl (C=O) groups is 1. The van der Waals surface area contributed by atoms with Crippen LogP contribution in [0.5, 0.6) is 5.75 Å². The van der Waals surface area contributed by atoms with Gasteiger partial charge in [-0.2, -0.15) is 0 Å². The predicted molar refractivity (Wildman–Crippen MR) is 70.7 cm³/mol. The third kappa shape index (κ3) is 2.88. The standard InChI is InChI=1S/C14H15N3O2/c1-10-5-3-7-15-11(10)9-17(2)14(19)13-12(18)6-4-8-16-13/h3-8,18H,9H2,1-2H3. The van der Waals surface area contributed by atoms with Gasteiger partial charge in [-0.25, -0.2) is 4.98 Å². The third-order valence-electron chi connectivity index (χ3n) is 2.84. The first-order valence-corrected chi connectivity index (χ1v) is 5.89. The minimum atomic E-state index is -0.330. The van der Waals surface area contributed by atoms with Gasteiger partial charge in [-0.05, 0) is 30.7 Å². The molecule has 5 nitrogen and oxygen atoms in total. The molecule has 0 aromatic carbocycles. The molecule has 0 saturated carbocycles. The first kappa shape index (κ1) is 13.0. The number of pyridine rings is 2. The highest BCUT2D eigenvalue weighted by atomic mass is 16.3. The van der Waals surface area contributed by atoms with Gasteiger partial charge >= 0.3 is 0 Å². The number of rotatable bonds is 3. The van der Waals surface area contributed by atoms with Crippen molar-refractivity contribution in [1.29, 1.82) is 0 Å². The molecule has 2 heterocycles. The van der Waals surface area contributed by atoms with Gasteiger partial charge in [0, 0.05) is 19.4 Å². The molecule has 0 fully saturated rings. The van der Waals surface area contributed by atoms with Gasteiger partial charge in [-0.3, -0.25) is 9.78 Å². The van der Waals surface area contributed by atoms with Crippen molar-refractivity contribution in [2.75, 3.05) is 7.05 Å². The van der Waals surface area contributed by atoms with E-state index in [0.717, 1.165) is 11.3 Å². The predicted octanol–water partition coefficient (Wildman–Crippen LogP) is 1.76. The summed E-state index contributed by atoms with van der Waals surface area (Å²) in [5.41, 5.74) is 1.90. The fraction of sp³-hybridized carbons (Fsp3) is 0.214. The first-order chi connectivity index (χ1) is 9.09. The Balaban J connectivity index is 2.17. The van der Waals surface area contributed by atoms with Crippen molar-refractivity contribution < 1.29 is 9.90 Å². The molecule has 0 aliphatic carbocycles. The fourth-order valence-electron chi connectivity index (χ4n) is 1.72. The highest BCUT2D eigenvalue weighted by molar-refractivity contribution is 5.94. The van der Waals surface area contributed by atoms with Crippen molar-refractivity contribution in [1.82, 2.24) is 14.9 Å². The van der Waals surface area contributed by atoms with E-state index in [0.29, 0.717) is 6.54 Å². The molecule has 0 radical (unpaired) electrons. The number of hydrogen-bond donors (Lipinski definition) is 1. The van der Waals surface area contributed by atoms with E-state index in [-0.39, 0.29) is 17.4 Å². The van der Waals surface area contributed by atoms with Gasteiger partial charge in [0.05, 0.1) is 12.2 Å². The monoisotopic (exact) mass is 257 g/mol. The second kappa shape index (κ2) is 5.48. The van der Waals surface area contributed by atoms with Crippen molar-refractivity contribution in [2.24, 2.45) is 0 Å². The van der Waals surface area contributed by atoms with Crippen LogP contribution < -0.4 is 0 Å². The van der Waals surface area contributed by atoms with E-state index in [9.17, 15) is 9.90 Å². The minimum absolute atomic E-state index is 0.0542. The largest absolute Gasteiger partial charge is 0.505 e. The van der Waals surface area contributed by atoms with E-state index in [4.69, 9.17) is 0 Å². The Morgan fingerprint density at radius 2 is 1.95 bits per heavy atom. The van der Waals surface area contributed by atoms with E-state index in [1.807, 2.05) is 19.1 Å². The maximum absolute atomic E-state index is 12.2. The van der Waals surface area contributed by atoms with Crippen molar-refractivity contribution in [3.8, 4) is 5.75 Å². The molecule has 0 atom stereocenters. The van der Waals surface area contributed by atoms with Gasteiger partial charge in [0.2, 0.25) is 0 Å². The Labute approximate surface area is 111 Å². The summed E-state index contributed by atoms with van der Waals surface area (Å²) in [6, 6.07) is 6.82. The van der Waals surface area contributed by atoms with Crippen molar-refractivity contribution in [3.63, 3.8) is 0 Å². The van der Waals surface area contributed by atoms with Crippen LogP contribution in [0.15, 0.2) is 36.7 Å². The van der Waals surface area contributed by atoms with Gasteiger partial charge in [0.25, 0.3) is 5.91 Å². The molecule has 0 unspecified atom stereocenters. The average Bonchev–Trinajstić information content (AvgIpc) is 2.41. The summed E-state index contributed by atoms with van der Waals surface area (Å²) in [7, 11) is 1.66. The lowest BCUT2D eigenvalue weighted by Crippen LogP contribution is -2.27. The van der Waals surface area contributed by atoms with Gasteiger partial charge in [-0.15, -0.1) is 0 Å². The Morgan fingerprint density at radius 3 is 2.63 bits per heavy atom. The first-order valence-electron chi connectivity index (χ1n) is 5.89. The summed E-state index contributed by atoms with van der Waals surface area (Å²) in [5.74, 6) is -0.444. The number of hydrogen-bond acceptors (Lipinski definition) is 4. The number of aromatic nitrogens is 2. The summed E-state index contributed by atoms with van der Waals surface area (Å²) in [6.07, 6.45) is 3.17. The molecule has 98 valence electrons. The maximum atomic E-state index is 12.2. The Kier molecular flexibility index (Phi) is 3.75. The van der Waals surface area contributed by atoms with Gasteiger partial charge in [0.15, 0.2) is 5.69 Å². The molecule has 0 aliphatic heterocycles. The zero-order valence-electron chi connectivity index (χ0n) is 10.9. The summed E-state index contributed by atoms with van der Waals surface area (Å²) < 4.78 is 0. The van der Waals surface area contributed by atoms with Crippen LogP contribution in [0.25, 0.3) is 0 Å². The third-order valence-corrected chi connectivity index (χ3v) is 2.84. The van der Waals surface area contributed by atoms with Gasteiger partial charge in [0.1, 0.15) is 5.75 Å². The van der Waals surface area contributed by atoms with E-state index in [1.54, 1.807) is 19.3 Å². The molecule has 0 bridgehead atoms. The normalized spacial score (nSPS) is 10.2. The van der Waals surface area contributed by atoms with Crippen molar-refractivity contribution >= 4 is 5.91 Å². The summed E-state index contributed by atoms with van der Waals surface area (Å²) in [4.78, 5) is 21.8.